The highest BCUT2D eigenvalue weighted by atomic mass is 35.5. The Kier molecular flexibility index (Phi) is 4.42. The molecule has 0 bridgehead atoms. The van der Waals surface area contributed by atoms with Crippen LogP contribution < -0.4 is 10.9 Å². The second-order valence-electron chi connectivity index (χ2n) is 4.20. The molecule has 2 rings (SSSR count). The van der Waals surface area contributed by atoms with E-state index in [1.54, 1.807) is 0 Å². The first-order valence-electron chi connectivity index (χ1n) is 5.89. The van der Waals surface area contributed by atoms with Gasteiger partial charge in [0.15, 0.2) is 11.5 Å². The Morgan fingerprint density at radius 2 is 1.96 bits per heavy atom. The van der Waals surface area contributed by atoms with Crippen LogP contribution in [0.25, 0.3) is 6.20 Å². The number of halogens is 6. The van der Waals surface area contributed by atoms with Crippen LogP contribution in [0.2, 0.25) is 5.02 Å². The maximum Gasteiger partial charge on any atom is 0.433 e. The van der Waals surface area contributed by atoms with Crippen molar-refractivity contribution in [3.63, 3.8) is 0 Å². The largest absolute Gasteiger partial charge is 0.433 e. The average Bonchev–Trinajstić information content (AvgIpc) is 2.46. The molecule has 1 N–H and O–H groups in total. The third-order valence-electron chi connectivity index (χ3n) is 2.71. The Morgan fingerprint density at radius 1 is 1.30 bits per heavy atom. The number of alkyl halides is 3. The molecule has 1 heterocycles. The van der Waals surface area contributed by atoms with E-state index in [9.17, 15) is 26.7 Å². The number of nitrogens with one attached hydrogen (secondary N) is 1. The van der Waals surface area contributed by atoms with E-state index in [4.69, 9.17) is 11.6 Å². The van der Waals surface area contributed by atoms with E-state index in [2.05, 4.69) is 16.9 Å². The number of rotatable bonds is 3. The Labute approximate surface area is 130 Å². The van der Waals surface area contributed by atoms with Crippen LogP contribution in [-0.4, -0.2) is 9.55 Å². The van der Waals surface area contributed by atoms with E-state index in [-0.39, 0.29) is 6.07 Å². The standard InChI is InChI=1S/C13H7ClF5N3O/c1-2-22-9(23)5-8(13(17,18)19)21-12(22)20-7-4-3-6(15)10(14)11(7)16/h2-5H,1H2,(H,20,21). The molecule has 1 aromatic carbocycles. The predicted molar refractivity (Wildman–Crippen MR) is 74.5 cm³/mol. The maximum absolute atomic E-state index is 13.8. The molecule has 0 unspecified atom stereocenters. The molecule has 0 spiro atoms. The van der Waals surface area contributed by atoms with Crippen LogP contribution in [-0.2, 0) is 6.18 Å². The highest BCUT2D eigenvalue weighted by Gasteiger charge is 2.34. The normalized spacial score (nSPS) is 11.4. The molecular formula is C13H7ClF5N3O. The van der Waals surface area contributed by atoms with Gasteiger partial charge in [0.25, 0.3) is 5.56 Å². The third-order valence-corrected chi connectivity index (χ3v) is 3.05. The van der Waals surface area contributed by atoms with Crippen molar-refractivity contribution in [2.45, 2.75) is 6.18 Å². The number of hydrogen-bond donors (Lipinski definition) is 1. The SMILES string of the molecule is C=Cn1c(Nc2ccc(F)c(Cl)c2F)nc(C(F)(F)F)cc1=O. The average molecular weight is 352 g/mol. The van der Waals surface area contributed by atoms with Gasteiger partial charge in [0.05, 0.1) is 5.69 Å². The molecule has 0 amide bonds. The molecule has 2 aromatic rings. The van der Waals surface area contributed by atoms with Gasteiger partial charge in [-0.25, -0.2) is 13.8 Å². The van der Waals surface area contributed by atoms with E-state index in [0.717, 1.165) is 18.3 Å². The van der Waals surface area contributed by atoms with Crippen molar-refractivity contribution in [2.24, 2.45) is 0 Å². The molecule has 4 nitrogen and oxygen atoms in total. The minimum atomic E-state index is -4.88. The lowest BCUT2D eigenvalue weighted by atomic mass is 10.3. The summed E-state index contributed by atoms with van der Waals surface area (Å²) in [7, 11) is 0. The Hall–Kier alpha value is -2.42. The highest BCUT2D eigenvalue weighted by Crippen LogP contribution is 2.30. The fraction of sp³-hybridized carbons (Fsp3) is 0.0769. The van der Waals surface area contributed by atoms with Gasteiger partial charge in [0.1, 0.15) is 10.8 Å². The molecule has 0 aliphatic heterocycles. The topological polar surface area (TPSA) is 46.9 Å². The summed E-state index contributed by atoms with van der Waals surface area (Å²) in [5, 5.41) is 1.32. The lowest BCUT2D eigenvalue weighted by Crippen LogP contribution is -2.23. The highest BCUT2D eigenvalue weighted by molar-refractivity contribution is 6.31. The van der Waals surface area contributed by atoms with Crippen LogP contribution in [0.4, 0.5) is 33.6 Å². The number of aromatic nitrogens is 2. The Balaban J connectivity index is 2.59. The van der Waals surface area contributed by atoms with E-state index in [0.29, 0.717) is 4.57 Å². The fourth-order valence-corrected chi connectivity index (χ4v) is 1.81. The summed E-state index contributed by atoms with van der Waals surface area (Å²) in [6.45, 7) is 3.26. The molecule has 0 fully saturated rings. The summed E-state index contributed by atoms with van der Waals surface area (Å²) < 4.78 is 65.7. The lowest BCUT2D eigenvalue weighted by molar-refractivity contribution is -0.141. The summed E-state index contributed by atoms with van der Waals surface area (Å²) in [6.07, 6.45) is -3.99. The molecule has 23 heavy (non-hydrogen) atoms. The van der Waals surface area contributed by atoms with Crippen LogP contribution >= 0.6 is 11.6 Å². The zero-order valence-electron chi connectivity index (χ0n) is 11.1. The molecule has 1 aromatic heterocycles. The number of anilines is 2. The summed E-state index contributed by atoms with van der Waals surface area (Å²) >= 11 is 5.38. The van der Waals surface area contributed by atoms with Gasteiger partial charge in [-0.2, -0.15) is 13.2 Å². The predicted octanol–water partition coefficient (Wildman–Crippen LogP) is 4.04. The maximum atomic E-state index is 13.8. The van der Waals surface area contributed by atoms with E-state index >= 15 is 0 Å². The first-order chi connectivity index (χ1) is 10.6. The smallest absolute Gasteiger partial charge is 0.323 e. The van der Waals surface area contributed by atoms with E-state index in [1.165, 1.54) is 0 Å². The minimum absolute atomic E-state index is 0.265. The third kappa shape index (κ3) is 3.34. The minimum Gasteiger partial charge on any atom is -0.323 e. The van der Waals surface area contributed by atoms with Crippen molar-refractivity contribution in [3.8, 4) is 0 Å². The van der Waals surface area contributed by atoms with Crippen molar-refractivity contribution >= 4 is 29.4 Å². The van der Waals surface area contributed by atoms with Gasteiger partial charge in [-0.3, -0.25) is 9.36 Å². The van der Waals surface area contributed by atoms with Crippen LogP contribution in [0.3, 0.4) is 0 Å². The second-order valence-corrected chi connectivity index (χ2v) is 4.58. The molecule has 0 saturated carbocycles. The van der Waals surface area contributed by atoms with E-state index < -0.39 is 45.7 Å². The zero-order chi connectivity index (χ0) is 17.4. The Bertz CT molecular complexity index is 832. The molecule has 0 saturated heterocycles. The van der Waals surface area contributed by atoms with Gasteiger partial charge >= 0.3 is 6.18 Å². The van der Waals surface area contributed by atoms with Gasteiger partial charge < -0.3 is 5.32 Å². The number of benzene rings is 1. The summed E-state index contributed by atoms with van der Waals surface area (Å²) in [5.74, 6) is -2.94. The van der Waals surface area contributed by atoms with Gasteiger partial charge in [-0.15, -0.1) is 0 Å². The summed E-state index contributed by atoms with van der Waals surface area (Å²) in [6, 6.07) is 1.97. The van der Waals surface area contributed by atoms with Gasteiger partial charge in [0.2, 0.25) is 5.95 Å². The molecule has 0 aliphatic carbocycles. The van der Waals surface area contributed by atoms with Gasteiger partial charge in [-0.05, 0) is 12.1 Å². The van der Waals surface area contributed by atoms with Gasteiger partial charge in [0, 0.05) is 12.3 Å². The lowest BCUT2D eigenvalue weighted by Gasteiger charge is -2.14. The molecule has 0 radical (unpaired) electrons. The van der Waals surface area contributed by atoms with Crippen molar-refractivity contribution < 1.29 is 22.0 Å². The van der Waals surface area contributed by atoms with Crippen molar-refractivity contribution in [1.29, 1.82) is 0 Å². The fourth-order valence-electron chi connectivity index (χ4n) is 1.64. The number of hydrogen-bond acceptors (Lipinski definition) is 3. The second kappa shape index (κ2) is 5.99. The van der Waals surface area contributed by atoms with Crippen molar-refractivity contribution in [3.05, 3.63) is 57.5 Å². The van der Waals surface area contributed by atoms with Gasteiger partial charge in [-0.1, -0.05) is 18.2 Å². The first-order valence-corrected chi connectivity index (χ1v) is 6.26. The first kappa shape index (κ1) is 16.9. The summed E-state index contributed by atoms with van der Waals surface area (Å²) in [4.78, 5) is 14.9. The van der Waals surface area contributed by atoms with Crippen LogP contribution in [0.5, 0.6) is 0 Å². The van der Waals surface area contributed by atoms with E-state index in [1.807, 2.05) is 0 Å². The monoisotopic (exact) mass is 351 g/mol. The van der Waals surface area contributed by atoms with Crippen molar-refractivity contribution in [2.75, 3.05) is 5.32 Å². The molecule has 10 heteroatoms. The molecule has 0 atom stereocenters. The van der Waals surface area contributed by atoms with Crippen LogP contribution in [0.15, 0.2) is 29.6 Å². The quantitative estimate of drug-likeness (QED) is 0.670. The summed E-state index contributed by atoms with van der Waals surface area (Å²) in [5.41, 5.74) is -3.02. The van der Waals surface area contributed by atoms with Crippen LogP contribution in [0, 0.1) is 11.6 Å². The van der Waals surface area contributed by atoms with Crippen molar-refractivity contribution in [1.82, 2.24) is 9.55 Å². The molecular weight excluding hydrogens is 345 g/mol. The Morgan fingerprint density at radius 3 is 2.52 bits per heavy atom. The van der Waals surface area contributed by atoms with Crippen LogP contribution in [0.1, 0.15) is 5.69 Å². The molecule has 122 valence electrons. The molecule has 0 aliphatic rings. The number of nitrogens with zero attached hydrogens (tertiary/aromatic N) is 2. The zero-order valence-corrected chi connectivity index (χ0v) is 11.8.